The molecule has 1 aromatic carbocycles. The summed E-state index contributed by atoms with van der Waals surface area (Å²) in [5.74, 6) is 0.624. The first-order chi connectivity index (χ1) is 7.74. The molecule has 0 unspecified atom stereocenters. The van der Waals surface area contributed by atoms with Crippen LogP contribution in [0.25, 0.3) is 10.4 Å². The molecular weight excluding hydrogens is 220 g/mol. The van der Waals surface area contributed by atoms with Crippen LogP contribution in [0.15, 0.2) is 29.6 Å². The molecule has 0 aliphatic carbocycles. The van der Waals surface area contributed by atoms with Gasteiger partial charge in [0, 0.05) is 4.88 Å². The second-order valence-corrected chi connectivity index (χ2v) is 4.47. The van der Waals surface area contributed by atoms with Crippen molar-refractivity contribution in [3.05, 3.63) is 40.8 Å². The third-order valence-corrected chi connectivity index (χ3v) is 3.47. The summed E-state index contributed by atoms with van der Waals surface area (Å²) >= 11 is 1.69. The van der Waals surface area contributed by atoms with Gasteiger partial charge in [-0.25, -0.2) is 0 Å². The molecule has 2 aromatic rings. The highest BCUT2D eigenvalue weighted by Crippen LogP contribution is 2.30. The number of thiophene rings is 1. The quantitative estimate of drug-likeness (QED) is 0.756. The SMILES string of the molecule is COc1cc(-c2cc(C)cs2)ccc1C=O. The zero-order valence-corrected chi connectivity index (χ0v) is 10.0. The van der Waals surface area contributed by atoms with E-state index >= 15 is 0 Å². The number of carbonyl (C=O) groups is 1. The second-order valence-electron chi connectivity index (χ2n) is 3.56. The smallest absolute Gasteiger partial charge is 0.153 e. The minimum Gasteiger partial charge on any atom is -0.496 e. The zero-order chi connectivity index (χ0) is 11.5. The van der Waals surface area contributed by atoms with Gasteiger partial charge in [-0.15, -0.1) is 11.3 Å². The predicted octanol–water partition coefficient (Wildman–Crippen LogP) is 3.54. The van der Waals surface area contributed by atoms with Gasteiger partial charge in [0.1, 0.15) is 5.75 Å². The van der Waals surface area contributed by atoms with Crippen LogP contribution in [0, 0.1) is 6.92 Å². The average Bonchev–Trinajstić information content (AvgIpc) is 2.75. The van der Waals surface area contributed by atoms with E-state index in [1.54, 1.807) is 24.5 Å². The van der Waals surface area contributed by atoms with Crippen molar-refractivity contribution in [1.29, 1.82) is 0 Å². The first-order valence-electron chi connectivity index (χ1n) is 4.93. The van der Waals surface area contributed by atoms with Crippen molar-refractivity contribution in [3.8, 4) is 16.2 Å². The fourth-order valence-electron chi connectivity index (χ4n) is 1.54. The van der Waals surface area contributed by atoms with Crippen LogP contribution < -0.4 is 4.74 Å². The van der Waals surface area contributed by atoms with Crippen LogP contribution in [0.1, 0.15) is 15.9 Å². The minimum atomic E-state index is 0.583. The van der Waals surface area contributed by atoms with Gasteiger partial charge < -0.3 is 4.74 Å². The van der Waals surface area contributed by atoms with Crippen molar-refractivity contribution in [3.63, 3.8) is 0 Å². The number of carbonyl (C=O) groups excluding carboxylic acids is 1. The Morgan fingerprint density at radius 1 is 1.31 bits per heavy atom. The molecule has 0 aliphatic heterocycles. The van der Waals surface area contributed by atoms with Crippen LogP contribution in [0.5, 0.6) is 5.75 Å². The number of hydrogen-bond acceptors (Lipinski definition) is 3. The molecular formula is C13H12O2S. The number of hydrogen-bond donors (Lipinski definition) is 0. The van der Waals surface area contributed by atoms with E-state index in [0.29, 0.717) is 11.3 Å². The summed E-state index contributed by atoms with van der Waals surface area (Å²) in [5.41, 5.74) is 2.92. The third-order valence-electron chi connectivity index (χ3n) is 2.38. The van der Waals surface area contributed by atoms with Crippen molar-refractivity contribution in [2.45, 2.75) is 6.92 Å². The molecule has 0 bridgehead atoms. The van der Waals surface area contributed by atoms with Gasteiger partial charge in [0.15, 0.2) is 6.29 Å². The summed E-state index contributed by atoms with van der Waals surface area (Å²) in [6, 6.07) is 7.75. The molecule has 1 aromatic heterocycles. The van der Waals surface area contributed by atoms with Gasteiger partial charge >= 0.3 is 0 Å². The van der Waals surface area contributed by atoms with Crippen LogP contribution in [-0.2, 0) is 0 Å². The van der Waals surface area contributed by atoms with E-state index in [1.165, 1.54) is 10.4 Å². The van der Waals surface area contributed by atoms with Gasteiger partial charge in [0.2, 0.25) is 0 Å². The lowest BCUT2D eigenvalue weighted by molar-refractivity contribution is 0.112. The lowest BCUT2D eigenvalue weighted by Crippen LogP contribution is -1.90. The molecule has 0 fully saturated rings. The van der Waals surface area contributed by atoms with E-state index < -0.39 is 0 Å². The Balaban J connectivity index is 2.47. The van der Waals surface area contributed by atoms with E-state index in [4.69, 9.17) is 4.74 Å². The Morgan fingerprint density at radius 2 is 2.12 bits per heavy atom. The van der Waals surface area contributed by atoms with Crippen LogP contribution in [0.4, 0.5) is 0 Å². The largest absolute Gasteiger partial charge is 0.496 e. The normalized spacial score (nSPS) is 10.1. The third kappa shape index (κ3) is 1.99. The molecule has 0 saturated heterocycles. The molecule has 0 radical (unpaired) electrons. The Hall–Kier alpha value is -1.61. The molecule has 0 saturated carbocycles. The number of aryl methyl sites for hydroxylation is 1. The maximum Gasteiger partial charge on any atom is 0.153 e. The van der Waals surface area contributed by atoms with E-state index in [2.05, 4.69) is 18.4 Å². The zero-order valence-electron chi connectivity index (χ0n) is 9.19. The molecule has 0 spiro atoms. The Bertz CT molecular complexity index is 514. The number of aldehydes is 1. The average molecular weight is 232 g/mol. The summed E-state index contributed by atoms with van der Waals surface area (Å²) in [6.07, 6.45) is 0.808. The summed E-state index contributed by atoms with van der Waals surface area (Å²) in [6.45, 7) is 2.07. The molecule has 0 atom stereocenters. The predicted molar refractivity (Wildman–Crippen MR) is 66.4 cm³/mol. The summed E-state index contributed by atoms with van der Waals surface area (Å²) in [5, 5.41) is 2.11. The van der Waals surface area contributed by atoms with Crippen LogP contribution >= 0.6 is 11.3 Å². The molecule has 1 heterocycles. The highest BCUT2D eigenvalue weighted by atomic mass is 32.1. The number of benzene rings is 1. The summed E-state index contributed by atoms with van der Waals surface area (Å²) in [7, 11) is 1.58. The van der Waals surface area contributed by atoms with Crippen molar-refractivity contribution in [2.75, 3.05) is 7.11 Å². The van der Waals surface area contributed by atoms with Crippen molar-refractivity contribution >= 4 is 17.6 Å². The number of rotatable bonds is 3. The Morgan fingerprint density at radius 3 is 2.69 bits per heavy atom. The van der Waals surface area contributed by atoms with Gasteiger partial charge in [0.25, 0.3) is 0 Å². The molecule has 0 aliphatic rings. The molecule has 2 nitrogen and oxygen atoms in total. The molecule has 0 amide bonds. The number of ether oxygens (including phenoxy) is 1. The first-order valence-corrected chi connectivity index (χ1v) is 5.81. The molecule has 0 N–H and O–H groups in total. The highest BCUT2D eigenvalue weighted by Gasteiger charge is 2.06. The standard InChI is InChI=1S/C13H12O2S/c1-9-5-13(16-8-9)10-3-4-11(7-14)12(6-10)15-2/h3-8H,1-2H3. The Kier molecular flexibility index (Phi) is 3.06. The molecule has 3 heteroatoms. The van der Waals surface area contributed by atoms with Gasteiger partial charge in [-0.1, -0.05) is 6.07 Å². The lowest BCUT2D eigenvalue weighted by atomic mass is 10.1. The van der Waals surface area contributed by atoms with Crippen molar-refractivity contribution in [1.82, 2.24) is 0 Å². The van der Waals surface area contributed by atoms with Gasteiger partial charge in [0.05, 0.1) is 12.7 Å². The lowest BCUT2D eigenvalue weighted by Gasteiger charge is -2.05. The summed E-state index contributed by atoms with van der Waals surface area (Å²) in [4.78, 5) is 11.9. The second kappa shape index (κ2) is 4.49. The maximum atomic E-state index is 10.8. The minimum absolute atomic E-state index is 0.583. The van der Waals surface area contributed by atoms with Crippen molar-refractivity contribution in [2.24, 2.45) is 0 Å². The van der Waals surface area contributed by atoms with Gasteiger partial charge in [-0.3, -0.25) is 4.79 Å². The highest BCUT2D eigenvalue weighted by molar-refractivity contribution is 7.13. The van der Waals surface area contributed by atoms with Crippen molar-refractivity contribution < 1.29 is 9.53 Å². The van der Waals surface area contributed by atoms with Gasteiger partial charge in [-0.2, -0.15) is 0 Å². The van der Waals surface area contributed by atoms with E-state index in [0.717, 1.165) is 11.8 Å². The fourth-order valence-corrected chi connectivity index (χ4v) is 2.44. The topological polar surface area (TPSA) is 26.3 Å². The maximum absolute atomic E-state index is 10.8. The van der Waals surface area contributed by atoms with E-state index in [1.807, 2.05) is 12.1 Å². The van der Waals surface area contributed by atoms with E-state index in [-0.39, 0.29) is 0 Å². The monoisotopic (exact) mass is 232 g/mol. The van der Waals surface area contributed by atoms with Crippen LogP contribution in [-0.4, -0.2) is 13.4 Å². The molecule has 2 rings (SSSR count). The Labute approximate surface area is 98.5 Å². The first kappa shape index (κ1) is 10.9. The van der Waals surface area contributed by atoms with Crippen LogP contribution in [0.2, 0.25) is 0 Å². The van der Waals surface area contributed by atoms with E-state index in [9.17, 15) is 4.79 Å². The van der Waals surface area contributed by atoms with Gasteiger partial charge in [-0.05, 0) is 41.6 Å². The molecule has 82 valence electrons. The van der Waals surface area contributed by atoms with Crippen LogP contribution in [0.3, 0.4) is 0 Å². The molecule has 16 heavy (non-hydrogen) atoms. The fraction of sp³-hybridized carbons (Fsp3) is 0.154. The summed E-state index contributed by atoms with van der Waals surface area (Å²) < 4.78 is 5.18. The number of methoxy groups -OCH3 is 1.